The summed E-state index contributed by atoms with van der Waals surface area (Å²) in [7, 11) is 0. The van der Waals surface area contributed by atoms with Crippen LogP contribution in [0, 0.1) is 0 Å². The minimum Gasteiger partial charge on any atom is -0.286 e. The Morgan fingerprint density at radius 2 is 1.41 bits per heavy atom. The van der Waals surface area contributed by atoms with Crippen LogP contribution in [0.1, 0.15) is 25.3 Å². The molecule has 1 N–H and O–H groups in total. The number of carbonyl (C=O) groups excluding carboxylic acids is 1. The van der Waals surface area contributed by atoms with Crippen LogP contribution in [-0.2, 0) is 11.2 Å². The van der Waals surface area contributed by atoms with Crippen molar-refractivity contribution >= 4 is 5.91 Å². The molecule has 0 radical (unpaired) electrons. The van der Waals surface area contributed by atoms with Crippen LogP contribution >= 0.6 is 0 Å². The molecule has 0 bridgehead atoms. The first-order valence-electron chi connectivity index (χ1n) is 9.41. The van der Waals surface area contributed by atoms with Gasteiger partial charge in [-0.3, -0.25) is 10.0 Å². The van der Waals surface area contributed by atoms with Crippen LogP contribution in [0.5, 0.6) is 0 Å². The normalized spacial score (nSPS) is 10.6. The fourth-order valence-corrected chi connectivity index (χ4v) is 3.16. The van der Waals surface area contributed by atoms with E-state index in [1.807, 2.05) is 6.07 Å². The van der Waals surface area contributed by atoms with Crippen LogP contribution in [-0.4, -0.2) is 22.7 Å². The Morgan fingerprint density at radius 3 is 2.11 bits per heavy atom. The summed E-state index contributed by atoms with van der Waals surface area (Å²) in [6.45, 7) is 2.11. The van der Waals surface area contributed by atoms with Gasteiger partial charge in [0.1, 0.15) is 0 Å². The van der Waals surface area contributed by atoms with E-state index < -0.39 is 0 Å². The van der Waals surface area contributed by atoms with Gasteiger partial charge >= 0.3 is 0 Å². The second-order valence-corrected chi connectivity index (χ2v) is 6.62. The summed E-state index contributed by atoms with van der Waals surface area (Å²) in [6, 6.07) is 27.4. The molecule has 3 nitrogen and oxygen atoms in total. The summed E-state index contributed by atoms with van der Waals surface area (Å²) in [5, 5.41) is 10.5. The Hall–Kier alpha value is -2.91. The van der Waals surface area contributed by atoms with E-state index in [-0.39, 0.29) is 5.91 Å². The molecule has 0 aliphatic heterocycles. The molecule has 0 saturated carbocycles. The van der Waals surface area contributed by atoms with Gasteiger partial charge in [-0.15, -0.1) is 0 Å². The van der Waals surface area contributed by atoms with Crippen molar-refractivity contribution in [2.45, 2.75) is 26.2 Å². The zero-order chi connectivity index (χ0) is 19.1. The van der Waals surface area contributed by atoms with Crippen molar-refractivity contribution in [1.82, 2.24) is 5.06 Å². The maximum Gasteiger partial charge on any atom is 0.245 e. The van der Waals surface area contributed by atoms with Crippen molar-refractivity contribution in [2.24, 2.45) is 0 Å². The molecule has 3 aromatic carbocycles. The quantitative estimate of drug-likeness (QED) is 0.442. The lowest BCUT2D eigenvalue weighted by atomic mass is 9.97. The third-order valence-electron chi connectivity index (χ3n) is 4.66. The van der Waals surface area contributed by atoms with E-state index >= 15 is 0 Å². The molecule has 3 aromatic rings. The summed E-state index contributed by atoms with van der Waals surface area (Å²) in [6.07, 6.45) is 1.87. The predicted molar refractivity (Wildman–Crippen MR) is 109 cm³/mol. The lowest BCUT2D eigenvalue weighted by Crippen LogP contribution is -2.27. The second kappa shape index (κ2) is 9.15. The zero-order valence-electron chi connectivity index (χ0n) is 15.6. The predicted octanol–water partition coefficient (Wildman–Crippen LogP) is 5.58. The van der Waals surface area contributed by atoms with Gasteiger partial charge in [0.25, 0.3) is 0 Å². The Labute approximate surface area is 160 Å². The van der Waals surface area contributed by atoms with Crippen LogP contribution in [0.4, 0.5) is 0 Å². The fraction of sp³-hybridized carbons (Fsp3) is 0.208. The molecule has 0 spiro atoms. The van der Waals surface area contributed by atoms with Gasteiger partial charge < -0.3 is 0 Å². The van der Waals surface area contributed by atoms with Gasteiger partial charge in [0, 0.05) is 13.0 Å². The maximum atomic E-state index is 11.4. The van der Waals surface area contributed by atoms with E-state index in [0.29, 0.717) is 13.0 Å². The van der Waals surface area contributed by atoms with Gasteiger partial charge in [0.2, 0.25) is 5.91 Å². The van der Waals surface area contributed by atoms with Crippen molar-refractivity contribution < 1.29 is 10.0 Å². The lowest BCUT2D eigenvalue weighted by Gasteiger charge is -2.14. The molecule has 0 atom stereocenters. The van der Waals surface area contributed by atoms with E-state index in [2.05, 4.69) is 72.8 Å². The largest absolute Gasteiger partial charge is 0.286 e. The molecule has 27 heavy (non-hydrogen) atoms. The zero-order valence-corrected chi connectivity index (χ0v) is 15.6. The highest BCUT2D eigenvalue weighted by Crippen LogP contribution is 2.27. The first-order chi connectivity index (χ1) is 13.2. The molecule has 0 aliphatic rings. The molecule has 0 aromatic heterocycles. The van der Waals surface area contributed by atoms with Crippen LogP contribution < -0.4 is 0 Å². The number of hydrogen-bond acceptors (Lipinski definition) is 2. The van der Waals surface area contributed by atoms with Gasteiger partial charge in [-0.05, 0) is 46.7 Å². The molecule has 3 heteroatoms. The van der Waals surface area contributed by atoms with Crippen molar-refractivity contribution in [3.63, 3.8) is 0 Å². The van der Waals surface area contributed by atoms with Crippen molar-refractivity contribution in [3.05, 3.63) is 84.4 Å². The third-order valence-corrected chi connectivity index (χ3v) is 4.66. The molecular formula is C24H25NO2. The minimum atomic E-state index is -0.235. The molecule has 0 fully saturated rings. The van der Waals surface area contributed by atoms with Crippen molar-refractivity contribution in [3.8, 4) is 22.3 Å². The van der Waals surface area contributed by atoms with Crippen molar-refractivity contribution in [2.75, 3.05) is 6.54 Å². The fourth-order valence-electron chi connectivity index (χ4n) is 3.16. The smallest absolute Gasteiger partial charge is 0.245 e. The molecule has 3 rings (SSSR count). The van der Waals surface area contributed by atoms with E-state index in [4.69, 9.17) is 0 Å². The third kappa shape index (κ3) is 5.05. The minimum absolute atomic E-state index is 0.235. The maximum absolute atomic E-state index is 11.4. The number of carbonyl (C=O) groups is 1. The molecular weight excluding hydrogens is 334 g/mol. The first kappa shape index (κ1) is 18.9. The van der Waals surface area contributed by atoms with Crippen molar-refractivity contribution in [1.29, 1.82) is 0 Å². The summed E-state index contributed by atoms with van der Waals surface area (Å²) >= 11 is 0. The number of nitrogens with zero attached hydrogens (tertiary/aromatic N) is 1. The van der Waals surface area contributed by atoms with Crippen LogP contribution in [0.25, 0.3) is 22.3 Å². The Morgan fingerprint density at radius 1 is 0.815 bits per heavy atom. The van der Waals surface area contributed by atoms with Gasteiger partial charge in [0.15, 0.2) is 0 Å². The van der Waals surface area contributed by atoms with Gasteiger partial charge in [-0.2, -0.15) is 0 Å². The first-order valence-corrected chi connectivity index (χ1v) is 9.41. The average Bonchev–Trinajstić information content (AvgIpc) is 2.74. The summed E-state index contributed by atoms with van der Waals surface area (Å²) in [5.74, 6) is -0.235. The van der Waals surface area contributed by atoms with E-state index in [0.717, 1.165) is 17.9 Å². The van der Waals surface area contributed by atoms with Crippen LogP contribution in [0.2, 0.25) is 0 Å². The monoisotopic (exact) mass is 359 g/mol. The number of benzene rings is 3. The highest BCUT2D eigenvalue weighted by Gasteiger charge is 2.08. The second-order valence-electron chi connectivity index (χ2n) is 6.62. The molecule has 0 aliphatic carbocycles. The van der Waals surface area contributed by atoms with Crippen LogP contribution in [0.15, 0.2) is 78.9 Å². The molecule has 138 valence electrons. The molecule has 0 unspecified atom stereocenters. The topological polar surface area (TPSA) is 40.5 Å². The molecule has 0 heterocycles. The molecule has 0 saturated heterocycles. The number of rotatable bonds is 7. The Kier molecular flexibility index (Phi) is 6.39. The van der Waals surface area contributed by atoms with E-state index in [1.165, 1.54) is 27.8 Å². The molecule has 1 amide bonds. The lowest BCUT2D eigenvalue weighted by molar-refractivity contribution is -0.165. The Balaban J connectivity index is 1.71. The highest BCUT2D eigenvalue weighted by atomic mass is 16.5. The number of hydroxylamine groups is 2. The average molecular weight is 359 g/mol. The number of amides is 1. The number of hydrogen-bond donors (Lipinski definition) is 1. The SMILES string of the molecule is CCC(=O)N(O)CCCc1cccc(-c2cccc(-c3ccccc3)c2)c1. The summed E-state index contributed by atoms with van der Waals surface area (Å²) < 4.78 is 0. The number of aryl methyl sites for hydroxylation is 1. The standard InChI is InChI=1S/C24H25NO2/c1-2-24(26)25(27)16-8-10-19-9-6-13-21(17-19)23-15-7-14-22(18-23)20-11-4-3-5-12-20/h3-7,9,11-15,17-18,27H,2,8,10,16H2,1H3. The van der Waals surface area contributed by atoms with E-state index in [9.17, 15) is 10.0 Å². The summed E-state index contributed by atoms with van der Waals surface area (Å²) in [4.78, 5) is 11.4. The summed E-state index contributed by atoms with van der Waals surface area (Å²) in [5.41, 5.74) is 5.97. The van der Waals surface area contributed by atoms with Gasteiger partial charge in [-0.1, -0.05) is 79.7 Å². The van der Waals surface area contributed by atoms with E-state index in [1.54, 1.807) is 6.92 Å². The highest BCUT2D eigenvalue weighted by molar-refractivity contribution is 5.74. The van der Waals surface area contributed by atoms with Gasteiger partial charge in [-0.25, -0.2) is 5.06 Å². The van der Waals surface area contributed by atoms with Crippen LogP contribution in [0.3, 0.4) is 0 Å². The Bertz CT molecular complexity index is 890. The van der Waals surface area contributed by atoms with Gasteiger partial charge in [0.05, 0.1) is 0 Å².